The predicted molar refractivity (Wildman–Crippen MR) is 126 cm³/mol. The van der Waals surface area contributed by atoms with Crippen molar-refractivity contribution in [1.29, 1.82) is 0 Å². The molecule has 0 amide bonds. The van der Waals surface area contributed by atoms with Crippen LogP contribution in [0.3, 0.4) is 0 Å². The molecule has 164 valence electrons. The summed E-state index contributed by atoms with van der Waals surface area (Å²) in [7, 11) is 0. The van der Waals surface area contributed by atoms with Crippen molar-refractivity contribution in [2.45, 2.75) is 99.0 Å². The van der Waals surface area contributed by atoms with Crippen molar-refractivity contribution >= 4 is 0 Å². The number of aliphatic hydroxyl groups is 1. The highest BCUT2D eigenvalue weighted by Crippen LogP contribution is 2.59. The summed E-state index contributed by atoms with van der Waals surface area (Å²) in [5, 5.41) is 10.1. The van der Waals surface area contributed by atoms with E-state index in [1.807, 2.05) is 0 Å². The molecule has 0 radical (unpaired) electrons. The summed E-state index contributed by atoms with van der Waals surface area (Å²) < 4.78 is 0. The summed E-state index contributed by atoms with van der Waals surface area (Å²) >= 11 is 0. The molecule has 7 atom stereocenters. The number of hydrogen-bond donors (Lipinski definition) is 1. The molecule has 29 heavy (non-hydrogen) atoms. The Balaban J connectivity index is 1.74. The Morgan fingerprint density at radius 1 is 0.966 bits per heavy atom. The van der Waals surface area contributed by atoms with Gasteiger partial charge < -0.3 is 5.11 Å². The van der Waals surface area contributed by atoms with Crippen LogP contribution in [-0.2, 0) is 0 Å². The molecule has 1 nitrogen and oxygen atoms in total. The maximum Gasteiger partial charge on any atom is 0.0577 e. The first-order valence-electron chi connectivity index (χ1n) is 12.5. The summed E-state index contributed by atoms with van der Waals surface area (Å²) in [5.74, 6) is 4.29. The van der Waals surface area contributed by atoms with Gasteiger partial charge in [-0.1, -0.05) is 77.0 Å². The molecular weight excluding hydrogens is 352 g/mol. The largest absolute Gasteiger partial charge is 0.393 e. The van der Waals surface area contributed by atoms with Gasteiger partial charge in [-0.05, 0) is 92.3 Å². The maximum absolute atomic E-state index is 10.1. The third-order valence-electron chi connectivity index (χ3n) is 8.99. The molecule has 0 bridgehead atoms. The van der Waals surface area contributed by atoms with Crippen LogP contribution in [0.25, 0.3) is 0 Å². The molecule has 1 N–H and O–H groups in total. The molecule has 3 aliphatic carbocycles. The van der Waals surface area contributed by atoms with E-state index in [1.54, 1.807) is 5.57 Å². The van der Waals surface area contributed by atoms with Gasteiger partial charge in [0.25, 0.3) is 0 Å². The van der Waals surface area contributed by atoms with E-state index in [2.05, 4.69) is 65.8 Å². The first-order valence-corrected chi connectivity index (χ1v) is 12.5. The third-order valence-corrected chi connectivity index (χ3v) is 8.99. The molecule has 0 aromatic heterocycles. The van der Waals surface area contributed by atoms with Crippen molar-refractivity contribution < 1.29 is 5.11 Å². The van der Waals surface area contributed by atoms with E-state index in [9.17, 15) is 5.11 Å². The Morgan fingerprint density at radius 2 is 1.69 bits per heavy atom. The molecule has 0 unspecified atom stereocenters. The summed E-state index contributed by atoms with van der Waals surface area (Å²) in [6, 6.07) is 0. The van der Waals surface area contributed by atoms with E-state index in [1.165, 1.54) is 37.7 Å². The zero-order valence-corrected chi connectivity index (χ0v) is 20.0. The minimum absolute atomic E-state index is 0.121. The summed E-state index contributed by atoms with van der Waals surface area (Å²) in [6.07, 6.45) is 19.5. The Bertz CT molecular complexity index is 639. The fraction of sp³-hybridized carbons (Fsp3) is 0.786. The van der Waals surface area contributed by atoms with E-state index in [0.29, 0.717) is 23.2 Å². The molecule has 0 aromatic carbocycles. The highest BCUT2D eigenvalue weighted by molar-refractivity contribution is 5.27. The lowest BCUT2D eigenvalue weighted by Gasteiger charge is -2.44. The van der Waals surface area contributed by atoms with Gasteiger partial charge in [-0.25, -0.2) is 0 Å². The van der Waals surface area contributed by atoms with E-state index in [0.717, 1.165) is 37.0 Å². The van der Waals surface area contributed by atoms with E-state index in [-0.39, 0.29) is 6.10 Å². The van der Waals surface area contributed by atoms with Crippen LogP contribution in [0.4, 0.5) is 0 Å². The fourth-order valence-electron chi connectivity index (χ4n) is 6.50. The molecule has 3 fully saturated rings. The fourth-order valence-corrected chi connectivity index (χ4v) is 6.50. The maximum atomic E-state index is 10.1. The molecule has 0 saturated heterocycles. The van der Waals surface area contributed by atoms with Crippen molar-refractivity contribution in [2.75, 3.05) is 0 Å². The van der Waals surface area contributed by atoms with Crippen molar-refractivity contribution in [3.63, 3.8) is 0 Å². The standard InChI is InChI=1S/C28H46O/c1-19(2)20(3)9-10-22(5)26-15-16-27-23(8-7-17-28(26,27)6)12-13-24-18-25(29)14-11-21(24)4/h9-10,12-13,19-22,25-27,29H,7-8,11,14-18H2,1-6H3/b10-9+,23-12+,24-13+/t20-,21+,22+,25-,26+,27+,28-/m0/s1. The molecule has 3 aliphatic rings. The molecular formula is C28H46O. The van der Waals surface area contributed by atoms with Crippen molar-refractivity contribution in [3.8, 4) is 0 Å². The van der Waals surface area contributed by atoms with Crippen molar-refractivity contribution in [3.05, 3.63) is 35.5 Å². The van der Waals surface area contributed by atoms with Crippen molar-refractivity contribution in [1.82, 2.24) is 0 Å². The Kier molecular flexibility index (Phi) is 7.52. The Labute approximate surface area is 180 Å². The van der Waals surface area contributed by atoms with Gasteiger partial charge in [0.1, 0.15) is 0 Å². The number of rotatable bonds is 5. The summed E-state index contributed by atoms with van der Waals surface area (Å²) in [5.41, 5.74) is 3.63. The first kappa shape index (κ1) is 22.9. The monoisotopic (exact) mass is 398 g/mol. The molecule has 0 spiro atoms. The smallest absolute Gasteiger partial charge is 0.0577 e. The normalized spacial score (nSPS) is 40.7. The van der Waals surface area contributed by atoms with Crippen LogP contribution in [0.15, 0.2) is 35.5 Å². The number of allylic oxidation sites excluding steroid dienone is 5. The number of fused-ring (bicyclic) bond motifs is 1. The third kappa shape index (κ3) is 5.09. The first-order chi connectivity index (χ1) is 13.7. The van der Waals surface area contributed by atoms with Gasteiger partial charge in [-0.15, -0.1) is 0 Å². The van der Waals surface area contributed by atoms with E-state index in [4.69, 9.17) is 0 Å². The summed E-state index contributed by atoms with van der Waals surface area (Å²) in [4.78, 5) is 0. The van der Waals surface area contributed by atoms with E-state index < -0.39 is 0 Å². The van der Waals surface area contributed by atoms with Crippen LogP contribution >= 0.6 is 0 Å². The lowest BCUT2D eigenvalue weighted by molar-refractivity contribution is 0.112. The van der Waals surface area contributed by atoms with Gasteiger partial charge >= 0.3 is 0 Å². The Morgan fingerprint density at radius 3 is 2.41 bits per heavy atom. The van der Waals surface area contributed by atoms with Crippen LogP contribution in [0.1, 0.15) is 92.9 Å². The van der Waals surface area contributed by atoms with Crippen molar-refractivity contribution in [2.24, 2.45) is 40.9 Å². The molecule has 0 aromatic rings. The van der Waals surface area contributed by atoms with Crippen LogP contribution in [0.5, 0.6) is 0 Å². The van der Waals surface area contributed by atoms with Crippen LogP contribution in [-0.4, -0.2) is 11.2 Å². The van der Waals surface area contributed by atoms with Crippen LogP contribution < -0.4 is 0 Å². The minimum atomic E-state index is -0.121. The number of hydrogen-bond acceptors (Lipinski definition) is 1. The predicted octanol–water partition coefficient (Wildman–Crippen LogP) is 7.72. The summed E-state index contributed by atoms with van der Waals surface area (Å²) in [6.45, 7) is 14.4. The average molecular weight is 399 g/mol. The van der Waals surface area contributed by atoms with Gasteiger partial charge in [0, 0.05) is 0 Å². The highest BCUT2D eigenvalue weighted by Gasteiger charge is 2.50. The molecule has 3 rings (SSSR count). The zero-order valence-electron chi connectivity index (χ0n) is 20.0. The zero-order chi connectivity index (χ0) is 21.2. The van der Waals surface area contributed by atoms with Gasteiger partial charge in [0.15, 0.2) is 0 Å². The molecule has 3 saturated carbocycles. The number of aliphatic hydroxyl groups excluding tert-OH is 1. The second-order valence-electron chi connectivity index (χ2n) is 11.3. The second-order valence-corrected chi connectivity index (χ2v) is 11.3. The SMILES string of the molecule is CC(C)[C@@H](C)/C=C/[C@@H](C)[C@H]1CC[C@@H]2/C(=C/C=C3\C[C@@H](O)CC[C@H]3C)CCC[C@]21C. The lowest BCUT2D eigenvalue weighted by Crippen LogP contribution is -2.35. The lowest BCUT2D eigenvalue weighted by atomic mass is 9.61. The second kappa shape index (κ2) is 9.54. The van der Waals surface area contributed by atoms with Gasteiger partial charge in [0.05, 0.1) is 6.10 Å². The molecule has 1 heteroatoms. The molecule has 0 aliphatic heterocycles. The van der Waals surface area contributed by atoms with Gasteiger partial charge in [0.2, 0.25) is 0 Å². The van der Waals surface area contributed by atoms with Crippen LogP contribution in [0.2, 0.25) is 0 Å². The quantitative estimate of drug-likeness (QED) is 0.470. The average Bonchev–Trinajstić information content (AvgIpc) is 3.04. The minimum Gasteiger partial charge on any atom is -0.393 e. The van der Waals surface area contributed by atoms with Gasteiger partial charge in [-0.3, -0.25) is 0 Å². The van der Waals surface area contributed by atoms with Crippen LogP contribution in [0, 0.1) is 40.9 Å². The van der Waals surface area contributed by atoms with E-state index >= 15 is 0 Å². The topological polar surface area (TPSA) is 20.2 Å². The highest BCUT2D eigenvalue weighted by atomic mass is 16.3. The molecule has 0 heterocycles. The van der Waals surface area contributed by atoms with Gasteiger partial charge in [-0.2, -0.15) is 0 Å². The Hall–Kier alpha value is -0.820.